The van der Waals surface area contributed by atoms with Crippen molar-refractivity contribution < 1.29 is 13.9 Å². The van der Waals surface area contributed by atoms with Crippen molar-refractivity contribution in [1.82, 2.24) is 4.98 Å². The number of nitrogens with one attached hydrogen (secondary N) is 1. The lowest BCUT2D eigenvalue weighted by Gasteiger charge is -2.06. The molecular weight excluding hydrogens is 257 g/mol. The minimum atomic E-state index is -0.239. The summed E-state index contributed by atoms with van der Waals surface area (Å²) < 4.78 is 24.6. The van der Waals surface area contributed by atoms with Crippen molar-refractivity contribution in [1.29, 1.82) is 0 Å². The van der Waals surface area contributed by atoms with Gasteiger partial charge in [-0.15, -0.1) is 0 Å². The van der Waals surface area contributed by atoms with E-state index in [1.165, 1.54) is 6.07 Å². The highest BCUT2D eigenvalue weighted by Crippen LogP contribution is 2.24. The van der Waals surface area contributed by atoms with E-state index in [0.717, 1.165) is 22.6 Å². The van der Waals surface area contributed by atoms with Crippen molar-refractivity contribution in [2.75, 3.05) is 7.11 Å². The predicted octanol–water partition coefficient (Wildman–Crippen LogP) is 3.89. The predicted molar refractivity (Wildman–Crippen MR) is 75.6 cm³/mol. The second-order valence-corrected chi connectivity index (χ2v) is 4.44. The van der Waals surface area contributed by atoms with Crippen molar-refractivity contribution in [3.8, 4) is 11.5 Å². The topological polar surface area (TPSA) is 34.2 Å². The molecule has 0 aliphatic rings. The zero-order chi connectivity index (χ0) is 13.9. The molecule has 2 aromatic carbocycles. The molecule has 0 amide bonds. The van der Waals surface area contributed by atoms with Gasteiger partial charge in [-0.05, 0) is 36.4 Å². The van der Waals surface area contributed by atoms with Crippen molar-refractivity contribution in [2.45, 2.75) is 6.61 Å². The van der Waals surface area contributed by atoms with Gasteiger partial charge in [0.15, 0.2) is 0 Å². The van der Waals surface area contributed by atoms with Crippen LogP contribution in [0.25, 0.3) is 10.9 Å². The summed E-state index contributed by atoms with van der Waals surface area (Å²) in [6.45, 7) is 0.313. The Morgan fingerprint density at radius 2 is 1.80 bits per heavy atom. The number of aromatic amines is 1. The molecule has 0 aliphatic heterocycles. The van der Waals surface area contributed by atoms with Gasteiger partial charge < -0.3 is 14.5 Å². The van der Waals surface area contributed by atoms with Gasteiger partial charge in [-0.25, -0.2) is 4.39 Å². The van der Waals surface area contributed by atoms with Crippen LogP contribution in [-0.2, 0) is 6.61 Å². The second kappa shape index (κ2) is 5.25. The van der Waals surface area contributed by atoms with Crippen LogP contribution >= 0.6 is 0 Å². The van der Waals surface area contributed by atoms with Gasteiger partial charge in [0.05, 0.1) is 7.11 Å². The van der Waals surface area contributed by atoms with Gasteiger partial charge in [-0.1, -0.05) is 6.07 Å². The minimum Gasteiger partial charge on any atom is -0.497 e. The Morgan fingerprint density at radius 1 is 1.05 bits per heavy atom. The molecule has 3 nitrogen and oxygen atoms in total. The molecule has 0 saturated carbocycles. The summed E-state index contributed by atoms with van der Waals surface area (Å²) in [4.78, 5) is 3.04. The molecule has 20 heavy (non-hydrogen) atoms. The lowest BCUT2D eigenvalue weighted by molar-refractivity contribution is 0.306. The van der Waals surface area contributed by atoms with Crippen LogP contribution in [0.2, 0.25) is 0 Å². The Labute approximate surface area is 116 Å². The number of fused-ring (bicyclic) bond motifs is 1. The largest absolute Gasteiger partial charge is 0.497 e. The second-order valence-electron chi connectivity index (χ2n) is 4.44. The van der Waals surface area contributed by atoms with E-state index in [2.05, 4.69) is 4.98 Å². The summed E-state index contributed by atoms with van der Waals surface area (Å²) in [6, 6.07) is 12.3. The smallest absolute Gasteiger partial charge is 0.132 e. The number of benzene rings is 2. The van der Waals surface area contributed by atoms with E-state index in [1.807, 2.05) is 30.3 Å². The maximum absolute atomic E-state index is 13.8. The van der Waals surface area contributed by atoms with Crippen LogP contribution in [0.1, 0.15) is 5.56 Å². The van der Waals surface area contributed by atoms with Crippen LogP contribution in [0.5, 0.6) is 11.5 Å². The SMILES string of the molecule is COc1ccc(OCc2c[nH]c3cccc(F)c23)cc1. The fraction of sp³-hybridized carbons (Fsp3) is 0.125. The number of halogens is 1. The summed E-state index contributed by atoms with van der Waals surface area (Å²) in [7, 11) is 1.62. The molecule has 0 spiro atoms. The molecule has 0 bridgehead atoms. The van der Waals surface area contributed by atoms with E-state index < -0.39 is 0 Å². The lowest BCUT2D eigenvalue weighted by Crippen LogP contribution is -1.95. The van der Waals surface area contributed by atoms with Crippen molar-refractivity contribution in [2.24, 2.45) is 0 Å². The first-order valence-electron chi connectivity index (χ1n) is 6.29. The van der Waals surface area contributed by atoms with E-state index in [9.17, 15) is 4.39 Å². The summed E-state index contributed by atoms with van der Waals surface area (Å²) in [6.07, 6.45) is 1.78. The third-order valence-electron chi connectivity index (χ3n) is 3.19. The third kappa shape index (κ3) is 2.32. The van der Waals surface area contributed by atoms with Crippen LogP contribution in [0.3, 0.4) is 0 Å². The summed E-state index contributed by atoms with van der Waals surface area (Å²) >= 11 is 0. The Hall–Kier alpha value is -2.49. The molecule has 102 valence electrons. The van der Waals surface area contributed by atoms with E-state index in [1.54, 1.807) is 19.4 Å². The first kappa shape index (κ1) is 12.5. The van der Waals surface area contributed by atoms with Gasteiger partial charge in [0.2, 0.25) is 0 Å². The molecule has 0 aliphatic carbocycles. The summed E-state index contributed by atoms with van der Waals surface area (Å²) in [5, 5.41) is 0.584. The Kier molecular flexibility index (Phi) is 3.29. The average molecular weight is 271 g/mol. The normalized spacial score (nSPS) is 10.7. The Balaban J connectivity index is 1.79. The van der Waals surface area contributed by atoms with Gasteiger partial charge in [-0.2, -0.15) is 0 Å². The first-order valence-corrected chi connectivity index (χ1v) is 6.29. The van der Waals surface area contributed by atoms with Gasteiger partial charge in [0, 0.05) is 22.7 Å². The highest BCUT2D eigenvalue weighted by molar-refractivity contribution is 5.83. The summed E-state index contributed by atoms with van der Waals surface area (Å²) in [5.74, 6) is 1.25. The van der Waals surface area contributed by atoms with E-state index in [-0.39, 0.29) is 5.82 Å². The molecule has 4 heteroatoms. The number of aromatic nitrogens is 1. The molecule has 0 fully saturated rings. The molecule has 0 unspecified atom stereocenters. The standard InChI is InChI=1S/C16H14FNO2/c1-19-12-5-7-13(8-6-12)20-10-11-9-18-15-4-2-3-14(17)16(11)15/h2-9,18H,10H2,1H3. The molecule has 0 saturated heterocycles. The zero-order valence-electron chi connectivity index (χ0n) is 11.0. The highest BCUT2D eigenvalue weighted by atomic mass is 19.1. The fourth-order valence-electron chi connectivity index (χ4n) is 2.15. The van der Waals surface area contributed by atoms with Crippen LogP contribution in [0.15, 0.2) is 48.7 Å². The van der Waals surface area contributed by atoms with Gasteiger partial charge in [0.25, 0.3) is 0 Å². The van der Waals surface area contributed by atoms with Crippen LogP contribution in [0, 0.1) is 5.82 Å². The summed E-state index contributed by atoms with van der Waals surface area (Å²) in [5.41, 5.74) is 1.58. The first-order chi connectivity index (χ1) is 9.78. The average Bonchev–Trinajstić information content (AvgIpc) is 2.90. The number of H-pyrrole nitrogens is 1. The van der Waals surface area contributed by atoms with Crippen LogP contribution < -0.4 is 9.47 Å². The monoisotopic (exact) mass is 271 g/mol. The van der Waals surface area contributed by atoms with E-state index in [0.29, 0.717) is 12.0 Å². The van der Waals surface area contributed by atoms with Gasteiger partial charge >= 0.3 is 0 Å². The van der Waals surface area contributed by atoms with Crippen molar-refractivity contribution in [3.05, 3.63) is 60.0 Å². The van der Waals surface area contributed by atoms with Gasteiger partial charge in [-0.3, -0.25) is 0 Å². The number of hydrogen-bond donors (Lipinski definition) is 1. The molecule has 1 aromatic heterocycles. The molecular formula is C16H14FNO2. The Morgan fingerprint density at radius 3 is 2.55 bits per heavy atom. The molecule has 0 radical (unpaired) electrons. The third-order valence-corrected chi connectivity index (χ3v) is 3.19. The number of ether oxygens (including phenoxy) is 2. The Bertz CT molecular complexity index is 719. The fourth-order valence-corrected chi connectivity index (χ4v) is 2.15. The number of hydrogen-bond acceptors (Lipinski definition) is 2. The zero-order valence-corrected chi connectivity index (χ0v) is 11.0. The van der Waals surface area contributed by atoms with Crippen LogP contribution in [0.4, 0.5) is 4.39 Å². The van der Waals surface area contributed by atoms with Crippen molar-refractivity contribution >= 4 is 10.9 Å². The van der Waals surface area contributed by atoms with Crippen LogP contribution in [-0.4, -0.2) is 12.1 Å². The molecule has 3 aromatic rings. The molecule has 0 atom stereocenters. The number of methoxy groups -OCH3 is 1. The lowest BCUT2D eigenvalue weighted by atomic mass is 10.2. The van der Waals surface area contributed by atoms with Gasteiger partial charge in [0.1, 0.15) is 23.9 Å². The maximum atomic E-state index is 13.8. The molecule has 3 rings (SSSR count). The van der Waals surface area contributed by atoms with E-state index >= 15 is 0 Å². The highest BCUT2D eigenvalue weighted by Gasteiger charge is 2.08. The minimum absolute atomic E-state index is 0.239. The maximum Gasteiger partial charge on any atom is 0.132 e. The molecule has 1 heterocycles. The molecule has 1 N–H and O–H groups in total. The number of rotatable bonds is 4. The van der Waals surface area contributed by atoms with E-state index in [4.69, 9.17) is 9.47 Å². The quantitative estimate of drug-likeness (QED) is 0.781. The van der Waals surface area contributed by atoms with Crippen molar-refractivity contribution in [3.63, 3.8) is 0 Å².